The van der Waals surface area contributed by atoms with Crippen LogP contribution >= 0.6 is 0 Å². The summed E-state index contributed by atoms with van der Waals surface area (Å²) in [6.45, 7) is 0.798. The van der Waals surface area contributed by atoms with Crippen LogP contribution in [-0.4, -0.2) is 6.54 Å². The van der Waals surface area contributed by atoms with E-state index >= 15 is 0 Å². The molecule has 0 bridgehead atoms. The Bertz CT molecular complexity index is 482. The number of furan rings is 1. The van der Waals surface area contributed by atoms with E-state index in [1.54, 1.807) is 0 Å². The molecule has 1 aromatic carbocycles. The van der Waals surface area contributed by atoms with Crippen molar-refractivity contribution in [3.63, 3.8) is 0 Å². The van der Waals surface area contributed by atoms with Crippen molar-refractivity contribution in [3.05, 3.63) is 36.1 Å². The zero-order valence-corrected chi connectivity index (χ0v) is 8.70. The first-order chi connectivity index (χ1) is 7.33. The Balaban J connectivity index is 1.98. The minimum absolute atomic E-state index is 0.382. The predicted octanol–water partition coefficient (Wildman–Crippen LogP) is 2.71. The van der Waals surface area contributed by atoms with Crippen molar-refractivity contribution in [2.45, 2.75) is 19.3 Å². The smallest absolute Gasteiger partial charge is 0.134 e. The predicted molar refractivity (Wildman–Crippen MR) is 60.6 cm³/mol. The number of hydrogen-bond donors (Lipinski definition) is 1. The molecule has 1 aliphatic carbocycles. The van der Waals surface area contributed by atoms with E-state index in [4.69, 9.17) is 10.2 Å². The highest BCUT2D eigenvalue weighted by atomic mass is 16.3. The molecule has 2 heteroatoms. The molecule has 1 aromatic heterocycles. The van der Waals surface area contributed by atoms with Gasteiger partial charge >= 0.3 is 0 Å². The summed E-state index contributed by atoms with van der Waals surface area (Å²) in [5, 5.41) is 1.25. The second-order valence-electron chi connectivity index (χ2n) is 4.64. The topological polar surface area (TPSA) is 39.2 Å². The van der Waals surface area contributed by atoms with E-state index in [1.807, 2.05) is 18.4 Å². The van der Waals surface area contributed by atoms with Crippen LogP contribution in [0.5, 0.6) is 0 Å². The van der Waals surface area contributed by atoms with E-state index in [0.717, 1.165) is 18.5 Å². The standard InChI is InChI=1S/C13H15NO/c14-9-13(5-6-13)7-10-8-15-12-4-2-1-3-11(10)12/h1-4,8H,5-7,9,14H2. The minimum Gasteiger partial charge on any atom is -0.464 e. The van der Waals surface area contributed by atoms with E-state index < -0.39 is 0 Å². The highest BCUT2D eigenvalue weighted by Crippen LogP contribution is 2.48. The molecule has 1 fully saturated rings. The maximum Gasteiger partial charge on any atom is 0.134 e. The first-order valence-electron chi connectivity index (χ1n) is 5.48. The summed E-state index contributed by atoms with van der Waals surface area (Å²) in [6, 6.07) is 8.20. The van der Waals surface area contributed by atoms with Crippen molar-refractivity contribution in [2.75, 3.05) is 6.54 Å². The largest absolute Gasteiger partial charge is 0.464 e. The molecule has 1 heterocycles. The fourth-order valence-electron chi connectivity index (χ4n) is 2.20. The van der Waals surface area contributed by atoms with E-state index in [0.29, 0.717) is 5.41 Å². The molecule has 1 saturated carbocycles. The lowest BCUT2D eigenvalue weighted by Gasteiger charge is -2.09. The average Bonchev–Trinajstić information content (AvgIpc) is 2.95. The number of nitrogens with two attached hydrogens (primary N) is 1. The third kappa shape index (κ3) is 1.45. The van der Waals surface area contributed by atoms with Gasteiger partial charge in [-0.05, 0) is 42.9 Å². The van der Waals surface area contributed by atoms with E-state index in [-0.39, 0.29) is 0 Å². The summed E-state index contributed by atoms with van der Waals surface area (Å²) in [4.78, 5) is 0. The molecule has 2 nitrogen and oxygen atoms in total. The van der Waals surface area contributed by atoms with Gasteiger partial charge in [0, 0.05) is 5.39 Å². The quantitative estimate of drug-likeness (QED) is 0.829. The summed E-state index contributed by atoms with van der Waals surface area (Å²) in [6.07, 6.45) is 5.49. The maximum atomic E-state index is 5.80. The van der Waals surface area contributed by atoms with Crippen LogP contribution in [0.15, 0.2) is 34.9 Å². The lowest BCUT2D eigenvalue weighted by atomic mass is 9.96. The summed E-state index contributed by atoms with van der Waals surface area (Å²) < 4.78 is 5.53. The van der Waals surface area contributed by atoms with Crippen LogP contribution in [0, 0.1) is 5.41 Å². The Morgan fingerprint density at radius 1 is 1.27 bits per heavy atom. The molecule has 0 radical (unpaired) electrons. The van der Waals surface area contributed by atoms with Gasteiger partial charge in [0.1, 0.15) is 5.58 Å². The van der Waals surface area contributed by atoms with Crippen LogP contribution < -0.4 is 5.73 Å². The monoisotopic (exact) mass is 201 g/mol. The van der Waals surface area contributed by atoms with Gasteiger partial charge in [-0.15, -0.1) is 0 Å². The average molecular weight is 201 g/mol. The third-order valence-electron chi connectivity index (χ3n) is 3.52. The van der Waals surface area contributed by atoms with Crippen molar-refractivity contribution in [1.82, 2.24) is 0 Å². The van der Waals surface area contributed by atoms with Crippen molar-refractivity contribution in [3.8, 4) is 0 Å². The van der Waals surface area contributed by atoms with Crippen molar-refractivity contribution < 1.29 is 4.42 Å². The van der Waals surface area contributed by atoms with E-state index in [9.17, 15) is 0 Å². The molecule has 78 valence electrons. The molecule has 0 amide bonds. The van der Waals surface area contributed by atoms with E-state index in [2.05, 4.69) is 12.1 Å². The van der Waals surface area contributed by atoms with Gasteiger partial charge in [-0.25, -0.2) is 0 Å². The molecule has 0 spiro atoms. The molecule has 0 unspecified atom stereocenters. The van der Waals surface area contributed by atoms with Gasteiger partial charge in [-0.3, -0.25) is 0 Å². The van der Waals surface area contributed by atoms with Gasteiger partial charge in [0.05, 0.1) is 6.26 Å². The minimum atomic E-state index is 0.382. The zero-order valence-electron chi connectivity index (χ0n) is 8.70. The molecule has 2 aromatic rings. The molecular formula is C13H15NO. The molecular weight excluding hydrogens is 186 g/mol. The maximum absolute atomic E-state index is 5.80. The van der Waals surface area contributed by atoms with Crippen LogP contribution in [0.25, 0.3) is 11.0 Å². The highest BCUT2D eigenvalue weighted by Gasteiger charge is 2.41. The van der Waals surface area contributed by atoms with Gasteiger partial charge in [-0.1, -0.05) is 18.2 Å². The molecule has 15 heavy (non-hydrogen) atoms. The molecule has 0 aliphatic heterocycles. The van der Waals surface area contributed by atoms with Gasteiger partial charge in [0.25, 0.3) is 0 Å². The Kier molecular flexibility index (Phi) is 1.86. The van der Waals surface area contributed by atoms with Crippen molar-refractivity contribution in [1.29, 1.82) is 0 Å². The Labute approximate surface area is 89.1 Å². The Morgan fingerprint density at radius 2 is 2.07 bits per heavy atom. The van der Waals surface area contributed by atoms with Crippen LogP contribution in [0.1, 0.15) is 18.4 Å². The molecule has 0 atom stereocenters. The second-order valence-corrected chi connectivity index (χ2v) is 4.64. The number of rotatable bonds is 3. The van der Waals surface area contributed by atoms with Crippen LogP contribution in [0.4, 0.5) is 0 Å². The molecule has 1 aliphatic rings. The van der Waals surface area contributed by atoms with Gasteiger partial charge in [-0.2, -0.15) is 0 Å². The summed E-state index contributed by atoms with van der Waals surface area (Å²) in [7, 11) is 0. The number of hydrogen-bond acceptors (Lipinski definition) is 2. The summed E-state index contributed by atoms with van der Waals surface area (Å²) in [5.74, 6) is 0. The van der Waals surface area contributed by atoms with Crippen molar-refractivity contribution in [2.24, 2.45) is 11.1 Å². The fraction of sp³-hybridized carbons (Fsp3) is 0.385. The SMILES string of the molecule is NCC1(Cc2coc3ccccc23)CC1. The number of para-hydroxylation sites is 1. The van der Waals surface area contributed by atoms with Gasteiger partial charge in [0.2, 0.25) is 0 Å². The van der Waals surface area contributed by atoms with Crippen molar-refractivity contribution >= 4 is 11.0 Å². The number of fused-ring (bicyclic) bond motifs is 1. The Hall–Kier alpha value is -1.28. The zero-order chi connectivity index (χ0) is 10.3. The normalized spacial score (nSPS) is 18.2. The van der Waals surface area contributed by atoms with Crippen LogP contribution in [-0.2, 0) is 6.42 Å². The van der Waals surface area contributed by atoms with Crippen LogP contribution in [0.3, 0.4) is 0 Å². The molecule has 3 rings (SSSR count). The third-order valence-corrected chi connectivity index (χ3v) is 3.52. The fourth-order valence-corrected chi connectivity index (χ4v) is 2.20. The lowest BCUT2D eigenvalue weighted by Crippen LogP contribution is -2.17. The lowest BCUT2D eigenvalue weighted by molar-refractivity contribution is 0.515. The Morgan fingerprint density at radius 3 is 2.80 bits per heavy atom. The summed E-state index contributed by atoms with van der Waals surface area (Å²) in [5.41, 5.74) is 8.48. The van der Waals surface area contributed by atoms with E-state index in [1.165, 1.54) is 23.8 Å². The van der Waals surface area contributed by atoms with Gasteiger partial charge < -0.3 is 10.2 Å². The second kappa shape index (κ2) is 3.11. The first-order valence-corrected chi connectivity index (χ1v) is 5.48. The molecule has 0 saturated heterocycles. The summed E-state index contributed by atoms with van der Waals surface area (Å²) >= 11 is 0. The van der Waals surface area contributed by atoms with Crippen LogP contribution in [0.2, 0.25) is 0 Å². The first kappa shape index (κ1) is 8.98. The molecule has 2 N–H and O–H groups in total. The highest BCUT2D eigenvalue weighted by molar-refractivity contribution is 5.80. The number of benzene rings is 1. The van der Waals surface area contributed by atoms with Gasteiger partial charge in [0.15, 0.2) is 0 Å².